The second-order valence-electron chi connectivity index (χ2n) is 3.89. The van der Waals surface area contributed by atoms with Crippen molar-refractivity contribution in [2.75, 3.05) is 0 Å². The summed E-state index contributed by atoms with van der Waals surface area (Å²) in [6, 6.07) is 26.2. The lowest BCUT2D eigenvalue weighted by Crippen LogP contribution is -1.67. The smallest absolute Gasteiger partial charge is 0.0739 e. The number of thiocarbonyl (C=S) groups is 1. The maximum absolute atomic E-state index is 4.42. The second kappa shape index (κ2) is 7.22. The van der Waals surface area contributed by atoms with Crippen LogP contribution in [0.5, 0.6) is 0 Å². The highest BCUT2D eigenvalue weighted by Gasteiger charge is 1.85. The minimum Gasteiger partial charge on any atom is -0.195 e. The standard InChI is InChI=1S/C10H8.C7H5NS/c1-2-6-10-8-4-3-7-9(10)5-1;9-6-8-7-4-2-1-3-5-7/h1-8H;1-5H. The first kappa shape index (κ1) is 13.2. The van der Waals surface area contributed by atoms with Crippen molar-refractivity contribution in [3.8, 4) is 0 Å². The Kier molecular flexibility index (Phi) is 5.00. The van der Waals surface area contributed by atoms with Crippen molar-refractivity contribution in [1.82, 2.24) is 0 Å². The van der Waals surface area contributed by atoms with Crippen molar-refractivity contribution in [3.05, 3.63) is 78.9 Å². The average molecular weight is 263 g/mol. The number of isothiocyanates is 1. The van der Waals surface area contributed by atoms with E-state index >= 15 is 0 Å². The second-order valence-corrected chi connectivity index (χ2v) is 4.07. The van der Waals surface area contributed by atoms with E-state index in [1.807, 2.05) is 30.3 Å². The largest absolute Gasteiger partial charge is 0.195 e. The number of benzene rings is 3. The van der Waals surface area contributed by atoms with Gasteiger partial charge in [0.2, 0.25) is 0 Å². The van der Waals surface area contributed by atoms with E-state index in [0.29, 0.717) is 0 Å². The Bertz CT molecular complexity index is 620. The third kappa shape index (κ3) is 4.14. The van der Waals surface area contributed by atoms with E-state index in [0.717, 1.165) is 5.69 Å². The molecule has 0 aliphatic heterocycles. The van der Waals surface area contributed by atoms with Crippen molar-refractivity contribution >= 4 is 33.8 Å². The summed E-state index contributed by atoms with van der Waals surface area (Å²) in [5, 5.41) is 4.91. The van der Waals surface area contributed by atoms with E-state index in [1.54, 1.807) is 0 Å². The first-order valence-corrected chi connectivity index (χ1v) is 6.37. The Balaban J connectivity index is 0.000000141. The van der Waals surface area contributed by atoms with Crippen LogP contribution in [0.3, 0.4) is 0 Å². The number of fused-ring (bicyclic) bond motifs is 1. The van der Waals surface area contributed by atoms with Crippen LogP contribution in [0.1, 0.15) is 0 Å². The van der Waals surface area contributed by atoms with Crippen molar-refractivity contribution in [3.63, 3.8) is 0 Å². The fourth-order valence-corrected chi connectivity index (χ4v) is 1.79. The van der Waals surface area contributed by atoms with Crippen LogP contribution in [0.15, 0.2) is 83.9 Å². The SMILES string of the molecule is S=C=Nc1ccccc1.c1ccc2ccccc2c1. The van der Waals surface area contributed by atoms with E-state index in [-0.39, 0.29) is 0 Å². The van der Waals surface area contributed by atoms with E-state index in [1.165, 1.54) is 10.8 Å². The zero-order valence-electron chi connectivity index (χ0n) is 10.4. The molecular weight excluding hydrogens is 250 g/mol. The normalized spacial score (nSPS) is 9.05. The molecule has 0 amide bonds. The van der Waals surface area contributed by atoms with Gasteiger partial charge in [0, 0.05) is 0 Å². The van der Waals surface area contributed by atoms with Gasteiger partial charge in [-0.3, -0.25) is 0 Å². The molecule has 0 radical (unpaired) electrons. The molecular formula is C17H13NS. The monoisotopic (exact) mass is 263 g/mol. The highest BCUT2D eigenvalue weighted by molar-refractivity contribution is 7.78. The van der Waals surface area contributed by atoms with Gasteiger partial charge in [-0.15, -0.1) is 0 Å². The van der Waals surface area contributed by atoms with Gasteiger partial charge in [-0.2, -0.15) is 4.99 Å². The third-order valence-corrected chi connectivity index (χ3v) is 2.68. The molecule has 1 nitrogen and oxygen atoms in total. The number of nitrogens with zero attached hydrogens (tertiary/aromatic N) is 1. The summed E-state index contributed by atoms with van der Waals surface area (Å²) in [5.41, 5.74) is 0.854. The van der Waals surface area contributed by atoms with Crippen LogP contribution in [0.2, 0.25) is 0 Å². The summed E-state index contributed by atoms with van der Waals surface area (Å²) in [6.45, 7) is 0. The molecule has 3 rings (SSSR count). The molecule has 0 aromatic heterocycles. The summed E-state index contributed by atoms with van der Waals surface area (Å²) >= 11 is 4.42. The number of para-hydroxylation sites is 1. The molecule has 92 valence electrons. The van der Waals surface area contributed by atoms with Gasteiger partial charge in [-0.25, -0.2) is 0 Å². The van der Waals surface area contributed by atoms with Gasteiger partial charge >= 0.3 is 0 Å². The zero-order chi connectivity index (χ0) is 13.3. The molecule has 2 heteroatoms. The van der Waals surface area contributed by atoms with Crippen LogP contribution in [-0.4, -0.2) is 5.16 Å². The van der Waals surface area contributed by atoms with Gasteiger partial charge in [-0.05, 0) is 35.1 Å². The van der Waals surface area contributed by atoms with Gasteiger partial charge in [0.1, 0.15) is 0 Å². The quantitative estimate of drug-likeness (QED) is 0.431. The summed E-state index contributed by atoms with van der Waals surface area (Å²) in [5.74, 6) is 0. The fourth-order valence-electron chi connectivity index (χ4n) is 1.69. The van der Waals surface area contributed by atoms with E-state index in [9.17, 15) is 0 Å². The number of hydrogen-bond acceptors (Lipinski definition) is 2. The molecule has 0 unspecified atom stereocenters. The van der Waals surface area contributed by atoms with Gasteiger partial charge in [-0.1, -0.05) is 66.7 Å². The van der Waals surface area contributed by atoms with E-state index in [4.69, 9.17) is 0 Å². The van der Waals surface area contributed by atoms with Crippen molar-refractivity contribution in [1.29, 1.82) is 0 Å². The average Bonchev–Trinajstić information content (AvgIpc) is 2.50. The molecule has 0 fully saturated rings. The lowest BCUT2D eigenvalue weighted by molar-refractivity contribution is 1.55. The van der Waals surface area contributed by atoms with Crippen LogP contribution in [0, 0.1) is 0 Å². The predicted octanol–water partition coefficient (Wildman–Crippen LogP) is 5.26. The van der Waals surface area contributed by atoms with Crippen LogP contribution in [0.4, 0.5) is 5.69 Å². The first-order valence-electron chi connectivity index (χ1n) is 5.97. The van der Waals surface area contributed by atoms with Crippen molar-refractivity contribution < 1.29 is 0 Å². The molecule has 0 bridgehead atoms. The zero-order valence-corrected chi connectivity index (χ0v) is 11.2. The minimum absolute atomic E-state index is 0.854. The van der Waals surface area contributed by atoms with Crippen LogP contribution in [0.25, 0.3) is 10.8 Å². The molecule has 0 aliphatic rings. The lowest BCUT2D eigenvalue weighted by atomic mass is 10.1. The number of aliphatic imine (C=N–C) groups is 1. The van der Waals surface area contributed by atoms with E-state index < -0.39 is 0 Å². The maximum Gasteiger partial charge on any atom is 0.0739 e. The lowest BCUT2D eigenvalue weighted by Gasteiger charge is -1.92. The summed E-state index contributed by atoms with van der Waals surface area (Å²) in [4.78, 5) is 3.77. The minimum atomic E-state index is 0.854. The highest BCUT2D eigenvalue weighted by Crippen LogP contribution is 2.11. The fraction of sp³-hybridized carbons (Fsp3) is 0. The number of hydrogen-bond donors (Lipinski definition) is 0. The predicted molar refractivity (Wildman–Crippen MR) is 85.1 cm³/mol. The first-order chi connectivity index (χ1) is 9.40. The van der Waals surface area contributed by atoms with Gasteiger partial charge in [0.25, 0.3) is 0 Å². The highest BCUT2D eigenvalue weighted by atomic mass is 32.1. The molecule has 0 saturated heterocycles. The van der Waals surface area contributed by atoms with Crippen LogP contribution < -0.4 is 0 Å². The molecule has 3 aromatic carbocycles. The van der Waals surface area contributed by atoms with Crippen LogP contribution in [-0.2, 0) is 0 Å². The van der Waals surface area contributed by atoms with Gasteiger partial charge in [0.15, 0.2) is 0 Å². The third-order valence-electron chi connectivity index (χ3n) is 2.59. The molecule has 0 spiro atoms. The Hall–Kier alpha value is -2.28. The molecule has 0 aliphatic carbocycles. The van der Waals surface area contributed by atoms with Gasteiger partial charge in [0.05, 0.1) is 10.8 Å². The Morgan fingerprint density at radius 1 is 0.632 bits per heavy atom. The number of rotatable bonds is 1. The topological polar surface area (TPSA) is 12.4 Å². The molecule has 19 heavy (non-hydrogen) atoms. The Morgan fingerprint density at radius 3 is 1.47 bits per heavy atom. The van der Waals surface area contributed by atoms with E-state index in [2.05, 4.69) is 70.9 Å². The van der Waals surface area contributed by atoms with Crippen molar-refractivity contribution in [2.45, 2.75) is 0 Å². The molecule has 0 heterocycles. The summed E-state index contributed by atoms with van der Waals surface area (Å²) in [6.07, 6.45) is 0. The Morgan fingerprint density at radius 2 is 1.05 bits per heavy atom. The maximum atomic E-state index is 4.42. The summed E-state index contributed by atoms with van der Waals surface area (Å²) in [7, 11) is 0. The molecule has 0 atom stereocenters. The Labute approximate surface area is 118 Å². The summed E-state index contributed by atoms with van der Waals surface area (Å²) < 4.78 is 0. The van der Waals surface area contributed by atoms with Gasteiger partial charge < -0.3 is 0 Å². The molecule has 0 saturated carbocycles. The molecule has 3 aromatic rings. The molecule has 0 N–H and O–H groups in total. The van der Waals surface area contributed by atoms with Crippen molar-refractivity contribution in [2.24, 2.45) is 4.99 Å². The van der Waals surface area contributed by atoms with Crippen LogP contribution >= 0.6 is 12.2 Å².